The van der Waals surface area contributed by atoms with Crippen molar-refractivity contribution in [2.75, 3.05) is 32.1 Å². The van der Waals surface area contributed by atoms with Crippen LogP contribution in [0.25, 0.3) is 0 Å². The SMILES string of the molecule is CN(CC1CCCOC1)C(=O)Nc1cccc(C(=O)O)c1. The average Bonchev–Trinajstić information content (AvgIpc) is 2.48. The highest BCUT2D eigenvalue weighted by Crippen LogP contribution is 2.16. The molecule has 1 saturated heterocycles. The van der Waals surface area contributed by atoms with Crippen molar-refractivity contribution in [2.45, 2.75) is 12.8 Å². The third-order valence-corrected chi connectivity index (χ3v) is 3.49. The molecule has 21 heavy (non-hydrogen) atoms. The number of hydrogen-bond acceptors (Lipinski definition) is 3. The maximum Gasteiger partial charge on any atom is 0.335 e. The normalized spacial score (nSPS) is 18.0. The number of benzene rings is 1. The van der Waals surface area contributed by atoms with Gasteiger partial charge in [-0.2, -0.15) is 0 Å². The van der Waals surface area contributed by atoms with E-state index in [-0.39, 0.29) is 11.6 Å². The zero-order valence-electron chi connectivity index (χ0n) is 12.0. The summed E-state index contributed by atoms with van der Waals surface area (Å²) in [7, 11) is 1.73. The van der Waals surface area contributed by atoms with E-state index >= 15 is 0 Å². The molecule has 6 heteroatoms. The number of urea groups is 1. The predicted octanol–water partition coefficient (Wildman–Crippen LogP) is 2.28. The Balaban J connectivity index is 1.90. The summed E-state index contributed by atoms with van der Waals surface area (Å²) in [4.78, 5) is 24.6. The van der Waals surface area contributed by atoms with E-state index in [0.717, 1.165) is 19.4 Å². The van der Waals surface area contributed by atoms with E-state index in [1.807, 2.05) is 0 Å². The van der Waals surface area contributed by atoms with Gasteiger partial charge in [0.2, 0.25) is 0 Å². The molecule has 0 spiro atoms. The van der Waals surface area contributed by atoms with Crippen molar-refractivity contribution in [2.24, 2.45) is 5.92 Å². The van der Waals surface area contributed by atoms with E-state index < -0.39 is 5.97 Å². The molecular weight excluding hydrogens is 272 g/mol. The molecule has 2 amide bonds. The zero-order valence-corrected chi connectivity index (χ0v) is 12.0. The van der Waals surface area contributed by atoms with Crippen LogP contribution in [0.15, 0.2) is 24.3 Å². The van der Waals surface area contributed by atoms with Crippen LogP contribution in [0, 0.1) is 5.92 Å². The van der Waals surface area contributed by atoms with E-state index in [1.54, 1.807) is 24.1 Å². The van der Waals surface area contributed by atoms with Crippen LogP contribution in [0.5, 0.6) is 0 Å². The van der Waals surface area contributed by atoms with Gasteiger partial charge >= 0.3 is 12.0 Å². The van der Waals surface area contributed by atoms with E-state index in [2.05, 4.69) is 5.32 Å². The summed E-state index contributed by atoms with van der Waals surface area (Å²) in [5, 5.41) is 11.6. The number of carbonyl (C=O) groups excluding carboxylic acids is 1. The number of aromatic carboxylic acids is 1. The van der Waals surface area contributed by atoms with Crippen LogP contribution in [0.3, 0.4) is 0 Å². The molecule has 0 bridgehead atoms. The van der Waals surface area contributed by atoms with Gasteiger partial charge in [0.25, 0.3) is 0 Å². The Morgan fingerprint density at radius 1 is 1.48 bits per heavy atom. The minimum atomic E-state index is -1.01. The Morgan fingerprint density at radius 2 is 2.29 bits per heavy atom. The van der Waals surface area contributed by atoms with Gasteiger partial charge < -0.3 is 20.1 Å². The number of rotatable bonds is 4. The smallest absolute Gasteiger partial charge is 0.335 e. The van der Waals surface area contributed by atoms with E-state index in [0.29, 0.717) is 24.8 Å². The second kappa shape index (κ2) is 7.08. The minimum Gasteiger partial charge on any atom is -0.478 e. The average molecular weight is 292 g/mol. The fourth-order valence-electron chi connectivity index (χ4n) is 2.37. The fraction of sp³-hybridized carbons (Fsp3) is 0.467. The van der Waals surface area contributed by atoms with Gasteiger partial charge in [-0.1, -0.05) is 6.07 Å². The number of hydrogen-bond donors (Lipinski definition) is 2. The quantitative estimate of drug-likeness (QED) is 0.892. The van der Waals surface area contributed by atoms with Gasteiger partial charge in [-0.05, 0) is 31.0 Å². The van der Waals surface area contributed by atoms with Crippen molar-refractivity contribution in [1.29, 1.82) is 0 Å². The summed E-state index contributed by atoms with van der Waals surface area (Å²) < 4.78 is 5.40. The molecule has 0 aromatic heterocycles. The molecule has 6 nitrogen and oxygen atoms in total. The predicted molar refractivity (Wildman–Crippen MR) is 78.6 cm³/mol. The Bertz CT molecular complexity index is 512. The molecule has 1 atom stereocenters. The number of carboxylic acids is 1. The Morgan fingerprint density at radius 3 is 2.95 bits per heavy atom. The molecule has 114 valence electrons. The summed E-state index contributed by atoms with van der Waals surface area (Å²) in [6, 6.07) is 5.96. The van der Waals surface area contributed by atoms with Crippen molar-refractivity contribution in [3.8, 4) is 0 Å². The van der Waals surface area contributed by atoms with Gasteiger partial charge in [0.15, 0.2) is 0 Å². The molecule has 1 fully saturated rings. The number of carbonyl (C=O) groups is 2. The highest BCUT2D eigenvalue weighted by atomic mass is 16.5. The number of nitrogens with zero attached hydrogens (tertiary/aromatic N) is 1. The second-order valence-electron chi connectivity index (χ2n) is 5.28. The van der Waals surface area contributed by atoms with Crippen LogP contribution in [0.2, 0.25) is 0 Å². The molecule has 0 aliphatic carbocycles. The van der Waals surface area contributed by atoms with Crippen LogP contribution < -0.4 is 5.32 Å². The molecule has 1 aromatic carbocycles. The lowest BCUT2D eigenvalue weighted by molar-refractivity contribution is 0.0464. The number of nitrogens with one attached hydrogen (secondary N) is 1. The number of anilines is 1. The van der Waals surface area contributed by atoms with Crippen LogP contribution in [-0.4, -0.2) is 48.8 Å². The monoisotopic (exact) mass is 292 g/mol. The number of amides is 2. The lowest BCUT2D eigenvalue weighted by atomic mass is 10.0. The van der Waals surface area contributed by atoms with Gasteiger partial charge in [0.1, 0.15) is 0 Å². The van der Waals surface area contributed by atoms with Crippen LogP contribution in [-0.2, 0) is 4.74 Å². The molecule has 2 N–H and O–H groups in total. The summed E-state index contributed by atoms with van der Waals surface area (Å²) in [5.41, 5.74) is 0.628. The summed E-state index contributed by atoms with van der Waals surface area (Å²) >= 11 is 0. The fourth-order valence-corrected chi connectivity index (χ4v) is 2.37. The topological polar surface area (TPSA) is 78.9 Å². The van der Waals surface area contributed by atoms with Crippen LogP contribution >= 0.6 is 0 Å². The maximum absolute atomic E-state index is 12.1. The van der Waals surface area contributed by atoms with Gasteiger partial charge in [-0.25, -0.2) is 9.59 Å². The third-order valence-electron chi connectivity index (χ3n) is 3.49. The molecule has 1 aliphatic rings. The first kappa shape index (κ1) is 15.3. The molecule has 1 heterocycles. The summed E-state index contributed by atoms with van der Waals surface area (Å²) in [6.07, 6.45) is 2.09. The molecule has 1 unspecified atom stereocenters. The Labute approximate surface area is 123 Å². The van der Waals surface area contributed by atoms with Crippen LogP contribution in [0.4, 0.5) is 10.5 Å². The molecule has 1 aliphatic heterocycles. The first-order valence-corrected chi connectivity index (χ1v) is 6.99. The lowest BCUT2D eigenvalue weighted by Crippen LogP contribution is -2.37. The molecule has 0 radical (unpaired) electrons. The minimum absolute atomic E-state index is 0.149. The van der Waals surface area contributed by atoms with E-state index in [9.17, 15) is 9.59 Å². The summed E-state index contributed by atoms with van der Waals surface area (Å²) in [5.74, 6) is -0.654. The van der Waals surface area contributed by atoms with E-state index in [4.69, 9.17) is 9.84 Å². The molecule has 0 saturated carbocycles. The molecular formula is C15H20N2O4. The van der Waals surface area contributed by atoms with Gasteiger partial charge in [-0.3, -0.25) is 0 Å². The first-order chi connectivity index (χ1) is 10.1. The van der Waals surface area contributed by atoms with Crippen molar-refractivity contribution in [3.63, 3.8) is 0 Å². The lowest BCUT2D eigenvalue weighted by Gasteiger charge is -2.27. The Kier molecular flexibility index (Phi) is 5.16. The van der Waals surface area contributed by atoms with Crippen molar-refractivity contribution in [3.05, 3.63) is 29.8 Å². The molecule has 2 rings (SSSR count). The van der Waals surface area contributed by atoms with Crippen molar-refractivity contribution in [1.82, 2.24) is 4.90 Å². The largest absolute Gasteiger partial charge is 0.478 e. The highest BCUT2D eigenvalue weighted by molar-refractivity contribution is 5.93. The maximum atomic E-state index is 12.1. The zero-order chi connectivity index (χ0) is 15.2. The third kappa shape index (κ3) is 4.46. The first-order valence-electron chi connectivity index (χ1n) is 6.99. The van der Waals surface area contributed by atoms with E-state index in [1.165, 1.54) is 12.1 Å². The van der Waals surface area contributed by atoms with Crippen molar-refractivity contribution < 1.29 is 19.4 Å². The standard InChI is InChI=1S/C15H20N2O4/c1-17(9-11-4-3-7-21-10-11)15(20)16-13-6-2-5-12(8-13)14(18)19/h2,5-6,8,11H,3-4,7,9-10H2,1H3,(H,16,20)(H,18,19). The Hall–Kier alpha value is -2.08. The summed E-state index contributed by atoms with van der Waals surface area (Å²) in [6.45, 7) is 2.12. The molecule has 1 aromatic rings. The number of ether oxygens (including phenoxy) is 1. The number of carboxylic acid groups (broad SMARTS) is 1. The van der Waals surface area contributed by atoms with Gasteiger partial charge in [0, 0.05) is 31.8 Å². The highest BCUT2D eigenvalue weighted by Gasteiger charge is 2.18. The second-order valence-corrected chi connectivity index (χ2v) is 5.28. The van der Waals surface area contributed by atoms with Gasteiger partial charge in [0.05, 0.1) is 12.2 Å². The van der Waals surface area contributed by atoms with Crippen molar-refractivity contribution >= 4 is 17.7 Å². The van der Waals surface area contributed by atoms with Gasteiger partial charge in [-0.15, -0.1) is 0 Å². The van der Waals surface area contributed by atoms with Crippen LogP contribution in [0.1, 0.15) is 23.2 Å².